The Bertz CT molecular complexity index is 786. The van der Waals surface area contributed by atoms with Crippen LogP contribution in [0, 0.1) is 0 Å². The van der Waals surface area contributed by atoms with Crippen molar-refractivity contribution in [2.24, 2.45) is 0 Å². The molecule has 0 aliphatic heterocycles. The van der Waals surface area contributed by atoms with E-state index >= 15 is 0 Å². The molecule has 0 radical (unpaired) electrons. The minimum absolute atomic E-state index is 0.562. The summed E-state index contributed by atoms with van der Waals surface area (Å²) in [6.45, 7) is 2.51. The van der Waals surface area contributed by atoms with Gasteiger partial charge in [-0.15, -0.1) is 0 Å². The van der Waals surface area contributed by atoms with E-state index in [1.807, 2.05) is 67.6 Å². The van der Waals surface area contributed by atoms with Gasteiger partial charge < -0.3 is 20.5 Å². The summed E-state index contributed by atoms with van der Waals surface area (Å²) >= 11 is 0. The van der Waals surface area contributed by atoms with Crippen molar-refractivity contribution in [1.82, 2.24) is 0 Å². The van der Waals surface area contributed by atoms with E-state index in [0.29, 0.717) is 29.5 Å². The second-order valence-electron chi connectivity index (χ2n) is 5.26. The molecule has 4 nitrogen and oxygen atoms in total. The number of ether oxygens (including phenoxy) is 2. The second-order valence-corrected chi connectivity index (χ2v) is 5.26. The van der Waals surface area contributed by atoms with Crippen molar-refractivity contribution in [3.63, 3.8) is 0 Å². The van der Waals surface area contributed by atoms with Gasteiger partial charge in [-0.05, 0) is 55.5 Å². The average Bonchev–Trinajstić information content (AvgIpc) is 2.60. The summed E-state index contributed by atoms with van der Waals surface area (Å²) in [5.74, 6) is 2.07. The number of anilines is 3. The molecule has 0 fully saturated rings. The van der Waals surface area contributed by atoms with Crippen molar-refractivity contribution in [3.05, 3.63) is 72.8 Å². The normalized spacial score (nSPS) is 10.2. The summed E-state index contributed by atoms with van der Waals surface area (Å²) in [4.78, 5) is 0. The maximum absolute atomic E-state index is 5.91. The van der Waals surface area contributed by atoms with Crippen LogP contribution in [0.4, 0.5) is 17.1 Å². The zero-order valence-corrected chi connectivity index (χ0v) is 13.5. The third kappa shape index (κ3) is 3.98. The van der Waals surface area contributed by atoms with Gasteiger partial charge in [0, 0.05) is 23.1 Å². The van der Waals surface area contributed by atoms with Gasteiger partial charge in [0.1, 0.15) is 5.75 Å². The molecule has 3 aromatic carbocycles. The molecular formula is C20H20N2O2. The van der Waals surface area contributed by atoms with E-state index in [4.69, 9.17) is 15.2 Å². The molecule has 0 atom stereocenters. The van der Waals surface area contributed by atoms with Crippen molar-refractivity contribution in [2.45, 2.75) is 6.92 Å². The van der Waals surface area contributed by atoms with Crippen molar-refractivity contribution in [2.75, 3.05) is 17.7 Å². The minimum atomic E-state index is 0.562. The van der Waals surface area contributed by atoms with Crippen LogP contribution in [0.25, 0.3) is 0 Å². The molecule has 3 aromatic rings. The number of nitrogens with one attached hydrogen (secondary N) is 1. The van der Waals surface area contributed by atoms with E-state index in [9.17, 15) is 0 Å². The first-order chi connectivity index (χ1) is 11.7. The van der Waals surface area contributed by atoms with E-state index in [2.05, 4.69) is 5.32 Å². The number of nitrogen functional groups attached to an aromatic ring is 1. The van der Waals surface area contributed by atoms with Gasteiger partial charge in [-0.25, -0.2) is 0 Å². The summed E-state index contributed by atoms with van der Waals surface area (Å²) in [5.41, 5.74) is 8.37. The third-order valence-electron chi connectivity index (χ3n) is 3.41. The molecule has 0 saturated carbocycles. The molecule has 0 amide bonds. The van der Waals surface area contributed by atoms with Crippen LogP contribution in [0.3, 0.4) is 0 Å². The van der Waals surface area contributed by atoms with E-state index in [-0.39, 0.29) is 0 Å². The highest BCUT2D eigenvalue weighted by atomic mass is 16.5. The van der Waals surface area contributed by atoms with Crippen LogP contribution in [-0.4, -0.2) is 6.61 Å². The molecule has 24 heavy (non-hydrogen) atoms. The predicted molar refractivity (Wildman–Crippen MR) is 98.3 cm³/mol. The Balaban J connectivity index is 1.82. The van der Waals surface area contributed by atoms with Crippen LogP contribution < -0.4 is 20.5 Å². The average molecular weight is 320 g/mol. The van der Waals surface area contributed by atoms with Gasteiger partial charge in [0.2, 0.25) is 0 Å². The van der Waals surface area contributed by atoms with Gasteiger partial charge in [-0.2, -0.15) is 0 Å². The summed E-state index contributed by atoms with van der Waals surface area (Å²) in [5, 5.41) is 3.35. The Hall–Kier alpha value is -3.14. The fraction of sp³-hybridized carbons (Fsp3) is 0.100. The molecule has 0 aliphatic rings. The molecule has 4 heteroatoms. The highest BCUT2D eigenvalue weighted by molar-refractivity contribution is 5.63. The van der Waals surface area contributed by atoms with Gasteiger partial charge in [-0.3, -0.25) is 0 Å². The highest BCUT2D eigenvalue weighted by Gasteiger charge is 2.08. The molecule has 0 aliphatic carbocycles. The molecule has 0 bridgehead atoms. The number of nitrogens with two attached hydrogens (primary N) is 1. The lowest BCUT2D eigenvalue weighted by Gasteiger charge is -2.14. The Morgan fingerprint density at radius 2 is 1.58 bits per heavy atom. The summed E-state index contributed by atoms with van der Waals surface area (Å²) < 4.78 is 11.6. The summed E-state index contributed by atoms with van der Waals surface area (Å²) in [7, 11) is 0. The van der Waals surface area contributed by atoms with Crippen molar-refractivity contribution >= 4 is 17.1 Å². The fourth-order valence-electron chi connectivity index (χ4n) is 2.29. The zero-order valence-electron chi connectivity index (χ0n) is 13.5. The Kier molecular flexibility index (Phi) is 4.87. The van der Waals surface area contributed by atoms with Gasteiger partial charge in [0.15, 0.2) is 11.5 Å². The van der Waals surface area contributed by atoms with Crippen LogP contribution in [0.15, 0.2) is 72.8 Å². The Labute approximate surface area is 141 Å². The monoisotopic (exact) mass is 320 g/mol. The highest BCUT2D eigenvalue weighted by Crippen LogP contribution is 2.35. The van der Waals surface area contributed by atoms with Gasteiger partial charge >= 0.3 is 0 Å². The first-order valence-corrected chi connectivity index (χ1v) is 7.87. The van der Waals surface area contributed by atoms with E-state index in [1.165, 1.54) is 0 Å². The standard InChI is InChI=1S/C20H20N2O2/c1-2-23-20-14-17(22-16-6-4-3-5-7-16)10-13-19(20)24-18-11-8-15(21)9-12-18/h3-14,22H,2,21H2,1H3. The van der Waals surface area contributed by atoms with Gasteiger partial charge in [-0.1, -0.05) is 18.2 Å². The molecule has 0 heterocycles. The van der Waals surface area contributed by atoms with Crippen LogP contribution in [0.1, 0.15) is 6.92 Å². The fourth-order valence-corrected chi connectivity index (χ4v) is 2.29. The lowest BCUT2D eigenvalue weighted by Crippen LogP contribution is -1.97. The molecule has 0 aromatic heterocycles. The first-order valence-electron chi connectivity index (χ1n) is 7.87. The number of para-hydroxylation sites is 1. The number of hydrogen-bond donors (Lipinski definition) is 2. The molecular weight excluding hydrogens is 300 g/mol. The quantitative estimate of drug-likeness (QED) is 0.613. The lowest BCUT2D eigenvalue weighted by molar-refractivity contribution is 0.321. The first kappa shape index (κ1) is 15.7. The molecule has 0 unspecified atom stereocenters. The number of hydrogen-bond acceptors (Lipinski definition) is 4. The lowest BCUT2D eigenvalue weighted by atomic mass is 10.2. The molecule has 122 valence electrons. The van der Waals surface area contributed by atoms with Crippen LogP contribution in [-0.2, 0) is 0 Å². The zero-order chi connectivity index (χ0) is 16.8. The van der Waals surface area contributed by atoms with Crippen LogP contribution in [0.5, 0.6) is 17.2 Å². The number of benzene rings is 3. The maximum atomic E-state index is 5.91. The molecule has 0 saturated heterocycles. The molecule has 3 N–H and O–H groups in total. The predicted octanol–water partition coefficient (Wildman–Crippen LogP) is 5.20. The largest absolute Gasteiger partial charge is 0.490 e. The van der Waals surface area contributed by atoms with E-state index in [0.717, 1.165) is 11.4 Å². The molecule has 3 rings (SSSR count). The van der Waals surface area contributed by atoms with Crippen LogP contribution in [0.2, 0.25) is 0 Å². The second kappa shape index (κ2) is 7.42. The van der Waals surface area contributed by atoms with E-state index < -0.39 is 0 Å². The minimum Gasteiger partial charge on any atom is -0.490 e. The molecule has 0 spiro atoms. The SMILES string of the molecule is CCOc1cc(Nc2ccccc2)ccc1Oc1ccc(N)cc1. The smallest absolute Gasteiger partial charge is 0.169 e. The van der Waals surface area contributed by atoms with E-state index in [1.54, 1.807) is 12.1 Å². The number of rotatable bonds is 6. The summed E-state index contributed by atoms with van der Waals surface area (Å²) in [6, 6.07) is 23.1. The Morgan fingerprint density at radius 3 is 2.29 bits per heavy atom. The van der Waals surface area contributed by atoms with Crippen LogP contribution >= 0.6 is 0 Å². The van der Waals surface area contributed by atoms with Gasteiger partial charge in [0.25, 0.3) is 0 Å². The topological polar surface area (TPSA) is 56.5 Å². The third-order valence-corrected chi connectivity index (χ3v) is 3.41. The summed E-state index contributed by atoms with van der Waals surface area (Å²) in [6.07, 6.45) is 0. The van der Waals surface area contributed by atoms with Crippen molar-refractivity contribution in [3.8, 4) is 17.2 Å². The van der Waals surface area contributed by atoms with Crippen molar-refractivity contribution in [1.29, 1.82) is 0 Å². The van der Waals surface area contributed by atoms with Crippen molar-refractivity contribution < 1.29 is 9.47 Å². The maximum Gasteiger partial charge on any atom is 0.169 e. The Morgan fingerprint density at radius 1 is 0.833 bits per heavy atom. The van der Waals surface area contributed by atoms with Gasteiger partial charge in [0.05, 0.1) is 6.61 Å².